The number of likely N-dealkylation sites (tertiary alicyclic amines) is 2. The summed E-state index contributed by atoms with van der Waals surface area (Å²) >= 11 is 0. The summed E-state index contributed by atoms with van der Waals surface area (Å²) in [6, 6.07) is 12.7. The summed E-state index contributed by atoms with van der Waals surface area (Å²) in [5.74, 6) is -0.748. The number of fused-ring (bicyclic) bond motifs is 1. The molecule has 0 aliphatic carbocycles. The SMILES string of the molecule is Cc1ccccc1C(=O)N1CC(=O)[C@@H]2[C@H]1CCN2C(=O)[C@H](CC(C)C)NC(=O)c1ccc(N(C)C)cc1. The van der Waals surface area contributed by atoms with E-state index in [0.717, 1.165) is 11.3 Å². The van der Waals surface area contributed by atoms with Crippen LogP contribution in [-0.2, 0) is 9.59 Å². The highest BCUT2D eigenvalue weighted by Crippen LogP contribution is 2.32. The van der Waals surface area contributed by atoms with Crippen molar-refractivity contribution in [2.24, 2.45) is 5.92 Å². The second-order valence-electron chi connectivity index (χ2n) is 10.6. The molecule has 0 unspecified atom stereocenters. The molecule has 0 spiro atoms. The van der Waals surface area contributed by atoms with Gasteiger partial charge in [-0.3, -0.25) is 19.2 Å². The number of carbonyl (C=O) groups is 4. The Hall–Kier alpha value is -3.68. The number of benzene rings is 2. The van der Waals surface area contributed by atoms with Crippen molar-refractivity contribution in [3.8, 4) is 0 Å². The number of ketones is 1. The van der Waals surface area contributed by atoms with Crippen LogP contribution in [0.4, 0.5) is 5.69 Å². The first-order valence-electron chi connectivity index (χ1n) is 12.9. The monoisotopic (exact) mass is 504 g/mol. The van der Waals surface area contributed by atoms with E-state index in [2.05, 4.69) is 5.32 Å². The summed E-state index contributed by atoms with van der Waals surface area (Å²) in [6.45, 7) is 6.23. The molecule has 0 radical (unpaired) electrons. The maximum absolute atomic E-state index is 13.7. The first kappa shape index (κ1) is 26.4. The zero-order valence-corrected chi connectivity index (χ0v) is 22.2. The van der Waals surface area contributed by atoms with Crippen LogP contribution in [0.2, 0.25) is 0 Å². The molecule has 2 saturated heterocycles. The average molecular weight is 505 g/mol. The van der Waals surface area contributed by atoms with Gasteiger partial charge in [-0.25, -0.2) is 0 Å². The highest BCUT2D eigenvalue weighted by Gasteiger charge is 2.52. The molecule has 8 nitrogen and oxygen atoms in total. The summed E-state index contributed by atoms with van der Waals surface area (Å²) in [7, 11) is 3.85. The van der Waals surface area contributed by atoms with Gasteiger partial charge in [-0.1, -0.05) is 32.0 Å². The normalized spacial score (nSPS) is 19.7. The minimum absolute atomic E-state index is 0.00822. The predicted molar refractivity (Wildman–Crippen MR) is 143 cm³/mol. The van der Waals surface area contributed by atoms with E-state index in [9.17, 15) is 19.2 Å². The van der Waals surface area contributed by atoms with Crippen LogP contribution < -0.4 is 10.2 Å². The van der Waals surface area contributed by atoms with Crippen molar-refractivity contribution in [3.63, 3.8) is 0 Å². The van der Waals surface area contributed by atoms with Crippen LogP contribution in [0, 0.1) is 12.8 Å². The van der Waals surface area contributed by atoms with E-state index in [0.29, 0.717) is 30.5 Å². The number of Topliss-reactive ketones (excluding diaryl/α,β-unsaturated/α-hetero) is 1. The van der Waals surface area contributed by atoms with E-state index < -0.39 is 12.1 Å². The number of carbonyl (C=O) groups excluding carboxylic acids is 4. The van der Waals surface area contributed by atoms with Crippen LogP contribution >= 0.6 is 0 Å². The van der Waals surface area contributed by atoms with Gasteiger partial charge in [-0.15, -0.1) is 0 Å². The van der Waals surface area contributed by atoms with Crippen LogP contribution in [-0.4, -0.2) is 78.6 Å². The standard InChI is InChI=1S/C29H36N4O4/c1-18(2)16-23(30-27(35)20-10-12-21(13-11-20)31(4)5)29(37)32-15-14-24-26(32)25(34)17-33(24)28(36)22-9-7-6-8-19(22)3/h6-13,18,23-24,26H,14-17H2,1-5H3,(H,30,35)/t23-,24+,26-/m0/s1. The Labute approximate surface area is 218 Å². The van der Waals surface area contributed by atoms with Crippen LogP contribution in [0.3, 0.4) is 0 Å². The van der Waals surface area contributed by atoms with E-state index in [1.807, 2.05) is 70.1 Å². The number of nitrogens with zero attached hydrogens (tertiary/aromatic N) is 3. The van der Waals surface area contributed by atoms with Crippen molar-refractivity contribution in [2.75, 3.05) is 32.1 Å². The average Bonchev–Trinajstić information content (AvgIpc) is 3.44. The van der Waals surface area contributed by atoms with Gasteiger partial charge in [0.15, 0.2) is 5.78 Å². The molecule has 3 amide bonds. The van der Waals surface area contributed by atoms with Crippen LogP contribution in [0.15, 0.2) is 48.5 Å². The lowest BCUT2D eigenvalue weighted by atomic mass is 10.0. The highest BCUT2D eigenvalue weighted by molar-refractivity contribution is 6.04. The van der Waals surface area contributed by atoms with E-state index in [1.165, 1.54) is 0 Å². The van der Waals surface area contributed by atoms with E-state index in [1.54, 1.807) is 28.0 Å². The molecule has 3 atom stereocenters. The summed E-state index contributed by atoms with van der Waals surface area (Å²) in [5, 5.41) is 2.92. The lowest BCUT2D eigenvalue weighted by molar-refractivity contribution is -0.138. The number of anilines is 1. The van der Waals surface area contributed by atoms with Gasteiger partial charge in [0, 0.05) is 37.5 Å². The second kappa shape index (κ2) is 10.7. The van der Waals surface area contributed by atoms with Gasteiger partial charge in [0.2, 0.25) is 5.91 Å². The predicted octanol–water partition coefficient (Wildman–Crippen LogP) is 2.90. The van der Waals surface area contributed by atoms with Gasteiger partial charge in [0.1, 0.15) is 12.1 Å². The van der Waals surface area contributed by atoms with Crippen LogP contribution in [0.25, 0.3) is 0 Å². The maximum atomic E-state index is 13.7. The Bertz CT molecular complexity index is 1190. The molecule has 4 rings (SSSR count). The number of amides is 3. The fourth-order valence-electron chi connectivity index (χ4n) is 5.35. The molecule has 2 aliphatic heterocycles. The number of rotatable bonds is 7. The van der Waals surface area contributed by atoms with Gasteiger partial charge in [0.25, 0.3) is 11.8 Å². The molecule has 196 valence electrons. The lowest BCUT2D eigenvalue weighted by Crippen LogP contribution is -2.53. The summed E-state index contributed by atoms with van der Waals surface area (Å²) < 4.78 is 0. The first-order valence-corrected chi connectivity index (χ1v) is 12.9. The van der Waals surface area contributed by atoms with Crippen molar-refractivity contribution < 1.29 is 19.2 Å². The minimum atomic E-state index is -0.756. The Morgan fingerprint density at radius 1 is 1.03 bits per heavy atom. The van der Waals surface area contributed by atoms with Crippen LogP contribution in [0.1, 0.15) is 53.0 Å². The fourth-order valence-corrected chi connectivity index (χ4v) is 5.35. The molecule has 1 N–H and O–H groups in total. The third kappa shape index (κ3) is 5.38. The van der Waals surface area contributed by atoms with Gasteiger partial charge in [0.05, 0.1) is 12.6 Å². The largest absolute Gasteiger partial charge is 0.378 e. The number of hydrogen-bond acceptors (Lipinski definition) is 5. The molecule has 0 bridgehead atoms. The number of hydrogen-bond donors (Lipinski definition) is 1. The molecule has 2 aliphatic rings. The molecule has 8 heteroatoms. The third-order valence-electron chi connectivity index (χ3n) is 7.30. The van der Waals surface area contributed by atoms with E-state index in [4.69, 9.17) is 0 Å². The first-order chi connectivity index (χ1) is 17.6. The number of aryl methyl sites for hydroxylation is 1. The molecule has 0 aromatic heterocycles. The zero-order chi connectivity index (χ0) is 26.9. The minimum Gasteiger partial charge on any atom is -0.378 e. The maximum Gasteiger partial charge on any atom is 0.254 e. The highest BCUT2D eigenvalue weighted by atomic mass is 16.2. The molecule has 2 aromatic rings. The second-order valence-corrected chi connectivity index (χ2v) is 10.6. The van der Waals surface area contributed by atoms with Gasteiger partial charge < -0.3 is 20.0 Å². The molecule has 2 fully saturated rings. The molecule has 37 heavy (non-hydrogen) atoms. The Morgan fingerprint density at radius 2 is 1.70 bits per heavy atom. The molecule has 2 aromatic carbocycles. The fraction of sp³-hybridized carbons (Fsp3) is 0.448. The quantitative estimate of drug-likeness (QED) is 0.626. The van der Waals surface area contributed by atoms with Crippen molar-refractivity contribution in [1.82, 2.24) is 15.1 Å². The Balaban J connectivity index is 1.51. The summed E-state index contributed by atoms with van der Waals surface area (Å²) in [5.41, 5.74) is 2.87. The topological polar surface area (TPSA) is 90.0 Å². The summed E-state index contributed by atoms with van der Waals surface area (Å²) in [4.78, 5) is 58.3. The van der Waals surface area contributed by atoms with Crippen molar-refractivity contribution in [2.45, 2.75) is 51.7 Å². The van der Waals surface area contributed by atoms with Crippen LogP contribution in [0.5, 0.6) is 0 Å². The third-order valence-corrected chi connectivity index (χ3v) is 7.30. The molecular weight excluding hydrogens is 468 g/mol. The molecular formula is C29H36N4O4. The van der Waals surface area contributed by atoms with E-state index in [-0.39, 0.29) is 42.0 Å². The van der Waals surface area contributed by atoms with Gasteiger partial charge in [-0.05, 0) is 61.6 Å². The van der Waals surface area contributed by atoms with Gasteiger partial charge in [-0.2, -0.15) is 0 Å². The zero-order valence-electron chi connectivity index (χ0n) is 22.2. The number of nitrogens with one attached hydrogen (secondary N) is 1. The lowest BCUT2D eigenvalue weighted by Gasteiger charge is -2.29. The van der Waals surface area contributed by atoms with Crippen molar-refractivity contribution in [1.29, 1.82) is 0 Å². The van der Waals surface area contributed by atoms with Gasteiger partial charge >= 0.3 is 0 Å². The molecule has 2 heterocycles. The van der Waals surface area contributed by atoms with Crippen molar-refractivity contribution in [3.05, 3.63) is 65.2 Å². The Kier molecular flexibility index (Phi) is 7.66. The Morgan fingerprint density at radius 3 is 2.32 bits per heavy atom. The summed E-state index contributed by atoms with van der Waals surface area (Å²) in [6.07, 6.45) is 0.988. The van der Waals surface area contributed by atoms with E-state index >= 15 is 0 Å². The smallest absolute Gasteiger partial charge is 0.254 e. The molecule has 0 saturated carbocycles. The van der Waals surface area contributed by atoms with Crippen molar-refractivity contribution >= 4 is 29.2 Å².